The number of amides is 1. The summed E-state index contributed by atoms with van der Waals surface area (Å²) >= 11 is 0. The van der Waals surface area contributed by atoms with Crippen molar-refractivity contribution in [1.82, 2.24) is 19.9 Å². The number of aryl methyl sites for hydroxylation is 1. The molecule has 104 valence electrons. The van der Waals surface area contributed by atoms with E-state index in [0.717, 1.165) is 17.3 Å². The smallest absolute Gasteiger partial charge is 0.325 e. The summed E-state index contributed by atoms with van der Waals surface area (Å²) in [7, 11) is 1.59. The molecule has 0 bridgehead atoms. The zero-order chi connectivity index (χ0) is 14.7. The molecule has 0 aliphatic carbocycles. The van der Waals surface area contributed by atoms with Crippen LogP contribution in [0.15, 0.2) is 34.2 Å². The van der Waals surface area contributed by atoms with E-state index in [9.17, 15) is 14.4 Å². The highest BCUT2D eigenvalue weighted by atomic mass is 16.2. The van der Waals surface area contributed by atoms with Gasteiger partial charge in [-0.05, 0) is 24.1 Å². The Hall–Kier alpha value is -2.70. The first-order valence-corrected chi connectivity index (χ1v) is 5.96. The molecule has 2 rings (SSSR count). The molecule has 2 heterocycles. The van der Waals surface area contributed by atoms with Gasteiger partial charge in [0.15, 0.2) is 0 Å². The number of aromatic amines is 2. The lowest BCUT2D eigenvalue weighted by molar-refractivity contribution is 0.0782. The van der Waals surface area contributed by atoms with Gasteiger partial charge in [0, 0.05) is 32.2 Å². The standard InChI is InChI=1S/C13H14N4O3/c1-8-5-14-4-3-9(8)7-17(2)12(19)10-6-15-13(20)16-11(10)18/h3-6H,7H2,1-2H3,(H2,15,16,18,20). The van der Waals surface area contributed by atoms with Crippen molar-refractivity contribution < 1.29 is 4.79 Å². The maximum atomic E-state index is 12.2. The van der Waals surface area contributed by atoms with Crippen molar-refractivity contribution in [1.29, 1.82) is 0 Å². The molecule has 20 heavy (non-hydrogen) atoms. The number of nitrogens with one attached hydrogen (secondary N) is 2. The van der Waals surface area contributed by atoms with Crippen LogP contribution in [0.1, 0.15) is 21.5 Å². The second-order valence-electron chi connectivity index (χ2n) is 4.45. The minimum atomic E-state index is -0.697. The maximum absolute atomic E-state index is 12.2. The normalized spacial score (nSPS) is 10.3. The van der Waals surface area contributed by atoms with Gasteiger partial charge in [-0.15, -0.1) is 0 Å². The summed E-state index contributed by atoms with van der Waals surface area (Å²) in [5.74, 6) is -0.460. The molecule has 0 atom stereocenters. The predicted octanol–water partition coefficient (Wildman–Crippen LogP) is 0.0388. The van der Waals surface area contributed by atoms with E-state index in [1.807, 2.05) is 18.0 Å². The summed E-state index contributed by atoms with van der Waals surface area (Å²) in [6.07, 6.45) is 4.48. The summed E-state index contributed by atoms with van der Waals surface area (Å²) < 4.78 is 0. The van der Waals surface area contributed by atoms with E-state index in [1.165, 1.54) is 4.90 Å². The molecule has 2 aromatic heterocycles. The summed E-state index contributed by atoms with van der Waals surface area (Å²) in [6, 6.07) is 1.82. The number of hydrogen-bond acceptors (Lipinski definition) is 4. The molecule has 0 aliphatic heterocycles. The molecule has 2 aromatic rings. The molecule has 1 amide bonds. The Kier molecular flexibility index (Phi) is 3.79. The zero-order valence-electron chi connectivity index (χ0n) is 11.1. The third-order valence-corrected chi connectivity index (χ3v) is 2.94. The minimum absolute atomic E-state index is 0.0983. The maximum Gasteiger partial charge on any atom is 0.325 e. The zero-order valence-corrected chi connectivity index (χ0v) is 11.1. The first-order chi connectivity index (χ1) is 9.49. The Balaban J connectivity index is 2.23. The van der Waals surface area contributed by atoms with Gasteiger partial charge in [0.2, 0.25) is 0 Å². The number of nitrogens with zero attached hydrogens (tertiary/aromatic N) is 2. The fourth-order valence-electron chi connectivity index (χ4n) is 1.78. The second kappa shape index (κ2) is 5.52. The monoisotopic (exact) mass is 274 g/mol. The Morgan fingerprint density at radius 3 is 2.80 bits per heavy atom. The van der Waals surface area contributed by atoms with Crippen LogP contribution in [0.3, 0.4) is 0 Å². The third-order valence-electron chi connectivity index (χ3n) is 2.94. The van der Waals surface area contributed by atoms with Gasteiger partial charge in [-0.25, -0.2) is 4.79 Å². The van der Waals surface area contributed by atoms with E-state index in [4.69, 9.17) is 0 Å². The van der Waals surface area contributed by atoms with Crippen molar-refractivity contribution in [3.63, 3.8) is 0 Å². The summed E-state index contributed by atoms with van der Waals surface area (Å²) in [4.78, 5) is 44.4. The first kappa shape index (κ1) is 13.7. The fraction of sp³-hybridized carbons (Fsp3) is 0.231. The Bertz CT molecular complexity index is 748. The fourth-order valence-corrected chi connectivity index (χ4v) is 1.78. The van der Waals surface area contributed by atoms with E-state index in [2.05, 4.69) is 9.97 Å². The van der Waals surface area contributed by atoms with Crippen molar-refractivity contribution in [3.8, 4) is 0 Å². The highest BCUT2D eigenvalue weighted by Gasteiger charge is 2.16. The van der Waals surface area contributed by atoms with Crippen LogP contribution < -0.4 is 11.2 Å². The average molecular weight is 274 g/mol. The van der Waals surface area contributed by atoms with Crippen LogP contribution in [-0.4, -0.2) is 32.8 Å². The van der Waals surface area contributed by atoms with E-state index in [-0.39, 0.29) is 5.56 Å². The SMILES string of the molecule is Cc1cnccc1CN(C)C(=O)c1c[nH]c(=O)[nH]c1=O. The van der Waals surface area contributed by atoms with Gasteiger partial charge in [-0.1, -0.05) is 0 Å². The lowest BCUT2D eigenvalue weighted by Gasteiger charge is -2.17. The summed E-state index contributed by atoms with van der Waals surface area (Å²) in [5, 5.41) is 0. The molecular weight excluding hydrogens is 260 g/mol. The van der Waals surface area contributed by atoms with Crippen molar-refractivity contribution in [2.45, 2.75) is 13.5 Å². The topological polar surface area (TPSA) is 98.9 Å². The summed E-state index contributed by atoms with van der Waals surface area (Å²) in [5.41, 5.74) is 0.467. The van der Waals surface area contributed by atoms with Gasteiger partial charge < -0.3 is 9.88 Å². The first-order valence-electron chi connectivity index (χ1n) is 5.96. The van der Waals surface area contributed by atoms with E-state index in [0.29, 0.717) is 6.54 Å². The summed E-state index contributed by atoms with van der Waals surface area (Å²) in [6.45, 7) is 2.25. The molecule has 0 saturated heterocycles. The average Bonchev–Trinajstić information content (AvgIpc) is 2.40. The van der Waals surface area contributed by atoms with Crippen molar-refractivity contribution in [2.24, 2.45) is 0 Å². The van der Waals surface area contributed by atoms with Crippen molar-refractivity contribution in [2.75, 3.05) is 7.05 Å². The number of hydrogen-bond donors (Lipinski definition) is 2. The molecule has 0 unspecified atom stereocenters. The molecule has 0 spiro atoms. The molecule has 0 saturated carbocycles. The van der Waals surface area contributed by atoms with Gasteiger partial charge in [0.25, 0.3) is 11.5 Å². The lowest BCUT2D eigenvalue weighted by atomic mass is 10.1. The van der Waals surface area contributed by atoms with Gasteiger partial charge in [-0.3, -0.25) is 19.6 Å². The Morgan fingerprint density at radius 1 is 1.40 bits per heavy atom. The van der Waals surface area contributed by atoms with E-state index >= 15 is 0 Å². The quantitative estimate of drug-likeness (QED) is 0.825. The second-order valence-corrected chi connectivity index (χ2v) is 4.45. The van der Waals surface area contributed by atoms with Gasteiger partial charge in [0.1, 0.15) is 5.56 Å². The van der Waals surface area contributed by atoms with Gasteiger partial charge >= 0.3 is 5.69 Å². The number of pyridine rings is 1. The minimum Gasteiger partial charge on any atom is -0.337 e. The third kappa shape index (κ3) is 2.82. The number of aromatic nitrogens is 3. The Morgan fingerprint density at radius 2 is 2.15 bits per heavy atom. The van der Waals surface area contributed by atoms with Crippen LogP contribution in [0.5, 0.6) is 0 Å². The number of carbonyl (C=O) groups excluding carboxylic acids is 1. The highest BCUT2D eigenvalue weighted by Crippen LogP contribution is 2.09. The largest absolute Gasteiger partial charge is 0.337 e. The lowest BCUT2D eigenvalue weighted by Crippen LogP contribution is -2.34. The predicted molar refractivity (Wildman–Crippen MR) is 72.5 cm³/mol. The molecule has 7 heteroatoms. The van der Waals surface area contributed by atoms with Gasteiger partial charge in [-0.2, -0.15) is 0 Å². The van der Waals surface area contributed by atoms with Crippen LogP contribution in [0, 0.1) is 6.92 Å². The highest BCUT2D eigenvalue weighted by molar-refractivity contribution is 5.93. The van der Waals surface area contributed by atoms with Crippen molar-refractivity contribution in [3.05, 3.63) is 62.2 Å². The van der Waals surface area contributed by atoms with Crippen LogP contribution in [0.25, 0.3) is 0 Å². The van der Waals surface area contributed by atoms with E-state index < -0.39 is 17.2 Å². The molecule has 7 nitrogen and oxygen atoms in total. The Labute approximate surface area is 114 Å². The van der Waals surface area contributed by atoms with Crippen molar-refractivity contribution >= 4 is 5.91 Å². The number of rotatable bonds is 3. The molecular formula is C13H14N4O3. The van der Waals surface area contributed by atoms with Crippen LogP contribution in [-0.2, 0) is 6.54 Å². The van der Waals surface area contributed by atoms with Crippen LogP contribution >= 0.6 is 0 Å². The molecule has 2 N–H and O–H groups in total. The van der Waals surface area contributed by atoms with Crippen LogP contribution in [0.4, 0.5) is 0 Å². The molecule has 0 aliphatic rings. The van der Waals surface area contributed by atoms with Gasteiger partial charge in [0.05, 0.1) is 0 Å². The number of carbonyl (C=O) groups is 1. The van der Waals surface area contributed by atoms with Crippen LogP contribution in [0.2, 0.25) is 0 Å². The van der Waals surface area contributed by atoms with E-state index in [1.54, 1.807) is 19.4 Å². The molecule has 0 aromatic carbocycles. The molecule has 0 radical (unpaired) electrons. The number of H-pyrrole nitrogens is 2. The molecule has 0 fully saturated rings.